The average molecular weight is 451 g/mol. The number of hydrogen-bond donors (Lipinski definition) is 1. The Labute approximate surface area is 193 Å². The SMILES string of the molecule is C=CCc1cc(/C=C2\C(=O)NC(=S)N(c3cccc(C)c3C)C2=O)cc(OCC)c1OC. The van der Waals surface area contributed by atoms with Gasteiger partial charge in [-0.25, -0.2) is 0 Å². The van der Waals surface area contributed by atoms with E-state index >= 15 is 0 Å². The monoisotopic (exact) mass is 450 g/mol. The number of benzene rings is 2. The number of anilines is 1. The molecule has 0 atom stereocenters. The number of methoxy groups -OCH3 is 1. The van der Waals surface area contributed by atoms with Gasteiger partial charge in [0.15, 0.2) is 16.6 Å². The zero-order valence-corrected chi connectivity index (χ0v) is 19.5. The minimum Gasteiger partial charge on any atom is -0.493 e. The molecule has 0 bridgehead atoms. The van der Waals surface area contributed by atoms with Gasteiger partial charge in [-0.15, -0.1) is 6.58 Å². The molecule has 0 saturated carbocycles. The van der Waals surface area contributed by atoms with Crippen molar-refractivity contribution in [2.24, 2.45) is 0 Å². The molecule has 6 nitrogen and oxygen atoms in total. The Balaban J connectivity index is 2.11. The van der Waals surface area contributed by atoms with Crippen molar-refractivity contribution in [3.63, 3.8) is 0 Å². The molecule has 32 heavy (non-hydrogen) atoms. The van der Waals surface area contributed by atoms with Crippen LogP contribution in [0.4, 0.5) is 5.69 Å². The summed E-state index contributed by atoms with van der Waals surface area (Å²) in [5.41, 5.74) is 4.03. The highest BCUT2D eigenvalue weighted by molar-refractivity contribution is 7.80. The van der Waals surface area contributed by atoms with Crippen LogP contribution in [0.25, 0.3) is 6.08 Å². The second kappa shape index (κ2) is 9.78. The normalized spacial score (nSPS) is 15.1. The van der Waals surface area contributed by atoms with E-state index in [2.05, 4.69) is 11.9 Å². The van der Waals surface area contributed by atoms with Crippen LogP contribution in [0.3, 0.4) is 0 Å². The number of amides is 2. The fraction of sp³-hybridized carbons (Fsp3) is 0.240. The van der Waals surface area contributed by atoms with Gasteiger partial charge in [0.1, 0.15) is 5.57 Å². The molecular weight excluding hydrogens is 424 g/mol. The van der Waals surface area contributed by atoms with Crippen molar-refractivity contribution in [1.82, 2.24) is 5.32 Å². The molecule has 1 aliphatic heterocycles. The summed E-state index contributed by atoms with van der Waals surface area (Å²) in [5.74, 6) is 0.116. The summed E-state index contributed by atoms with van der Waals surface area (Å²) in [6.07, 6.45) is 3.84. The van der Waals surface area contributed by atoms with Gasteiger partial charge in [-0.1, -0.05) is 18.2 Å². The van der Waals surface area contributed by atoms with E-state index in [0.29, 0.717) is 35.8 Å². The van der Waals surface area contributed by atoms with E-state index in [0.717, 1.165) is 16.7 Å². The molecule has 1 fully saturated rings. The second-order valence-corrected chi connectivity index (χ2v) is 7.70. The van der Waals surface area contributed by atoms with Gasteiger partial charge < -0.3 is 9.47 Å². The summed E-state index contributed by atoms with van der Waals surface area (Å²) in [4.78, 5) is 27.5. The second-order valence-electron chi connectivity index (χ2n) is 7.31. The van der Waals surface area contributed by atoms with E-state index in [4.69, 9.17) is 21.7 Å². The van der Waals surface area contributed by atoms with Gasteiger partial charge >= 0.3 is 0 Å². The third-order valence-corrected chi connectivity index (χ3v) is 5.54. The number of aryl methyl sites for hydroxylation is 1. The molecule has 1 aliphatic rings. The Kier molecular flexibility index (Phi) is 7.10. The average Bonchev–Trinajstić information content (AvgIpc) is 2.74. The fourth-order valence-electron chi connectivity index (χ4n) is 3.59. The van der Waals surface area contributed by atoms with Crippen LogP contribution < -0.4 is 19.7 Å². The van der Waals surface area contributed by atoms with Gasteiger partial charge in [0.05, 0.1) is 19.4 Å². The zero-order valence-electron chi connectivity index (χ0n) is 18.7. The molecule has 1 N–H and O–H groups in total. The van der Waals surface area contributed by atoms with Crippen LogP contribution in [0.5, 0.6) is 11.5 Å². The smallest absolute Gasteiger partial charge is 0.270 e. The number of ether oxygens (including phenoxy) is 2. The fourth-order valence-corrected chi connectivity index (χ4v) is 3.86. The molecule has 3 rings (SSSR count). The van der Waals surface area contributed by atoms with Crippen molar-refractivity contribution in [1.29, 1.82) is 0 Å². The molecule has 1 heterocycles. The van der Waals surface area contributed by atoms with E-state index in [9.17, 15) is 9.59 Å². The Bertz CT molecular complexity index is 1140. The molecule has 166 valence electrons. The number of carbonyl (C=O) groups is 2. The Hall–Kier alpha value is -3.45. The highest BCUT2D eigenvalue weighted by atomic mass is 32.1. The summed E-state index contributed by atoms with van der Waals surface area (Å²) in [7, 11) is 1.57. The molecule has 0 radical (unpaired) electrons. The van der Waals surface area contributed by atoms with Gasteiger partial charge in [0, 0.05) is 5.56 Å². The predicted molar refractivity (Wildman–Crippen MR) is 130 cm³/mol. The first-order valence-corrected chi connectivity index (χ1v) is 10.6. The number of rotatable bonds is 7. The van der Waals surface area contributed by atoms with E-state index in [1.807, 2.05) is 45.0 Å². The lowest BCUT2D eigenvalue weighted by Crippen LogP contribution is -2.54. The Morgan fingerprint density at radius 1 is 1.22 bits per heavy atom. The summed E-state index contributed by atoms with van der Waals surface area (Å²) < 4.78 is 11.2. The predicted octanol–water partition coefficient (Wildman–Crippen LogP) is 4.27. The summed E-state index contributed by atoms with van der Waals surface area (Å²) >= 11 is 5.33. The summed E-state index contributed by atoms with van der Waals surface area (Å²) in [5, 5.41) is 2.69. The standard InChI is InChI=1S/C25H26N2O4S/c1-6-9-18-12-17(14-21(31-7-2)22(18)30-5)13-19-23(28)26-25(32)27(24(19)29)20-11-8-10-15(3)16(20)4/h6,8,10-14H,1,7,9H2,2-5H3,(H,26,28,32)/b19-13+. The minimum absolute atomic E-state index is 0.0170. The maximum absolute atomic E-state index is 13.4. The molecule has 0 unspecified atom stereocenters. The van der Waals surface area contributed by atoms with Crippen LogP contribution >= 0.6 is 12.2 Å². The molecule has 0 aromatic heterocycles. The van der Waals surface area contributed by atoms with Crippen molar-refractivity contribution >= 4 is 40.9 Å². The van der Waals surface area contributed by atoms with Crippen LogP contribution in [-0.4, -0.2) is 30.6 Å². The molecule has 0 aliphatic carbocycles. The van der Waals surface area contributed by atoms with Gasteiger partial charge in [-0.2, -0.15) is 0 Å². The lowest BCUT2D eigenvalue weighted by atomic mass is 10.0. The Morgan fingerprint density at radius 2 is 1.97 bits per heavy atom. The van der Waals surface area contributed by atoms with Crippen LogP contribution in [0.15, 0.2) is 48.6 Å². The third kappa shape index (κ3) is 4.43. The zero-order chi connectivity index (χ0) is 23.4. The number of nitrogens with zero attached hydrogens (tertiary/aromatic N) is 1. The number of nitrogens with one attached hydrogen (secondary N) is 1. The van der Waals surface area contributed by atoms with E-state index in [-0.39, 0.29) is 10.7 Å². The van der Waals surface area contributed by atoms with Gasteiger partial charge in [-0.05, 0) is 80.4 Å². The quantitative estimate of drug-likeness (QED) is 0.295. The van der Waals surface area contributed by atoms with E-state index in [1.54, 1.807) is 25.3 Å². The topological polar surface area (TPSA) is 67.9 Å². The summed E-state index contributed by atoms with van der Waals surface area (Å²) in [6, 6.07) is 9.22. The molecule has 2 aromatic carbocycles. The molecule has 2 amide bonds. The first kappa shape index (κ1) is 23.2. The number of carbonyl (C=O) groups excluding carboxylic acids is 2. The molecule has 1 saturated heterocycles. The van der Waals surface area contributed by atoms with Gasteiger partial charge in [0.25, 0.3) is 11.8 Å². The lowest BCUT2D eigenvalue weighted by molar-refractivity contribution is -0.122. The van der Waals surface area contributed by atoms with Crippen molar-refractivity contribution in [3.05, 3.63) is 70.8 Å². The highest BCUT2D eigenvalue weighted by Gasteiger charge is 2.35. The largest absolute Gasteiger partial charge is 0.493 e. The van der Waals surface area contributed by atoms with Crippen LogP contribution in [0, 0.1) is 13.8 Å². The van der Waals surface area contributed by atoms with E-state index in [1.165, 1.54) is 4.90 Å². The van der Waals surface area contributed by atoms with Gasteiger partial charge in [0.2, 0.25) is 0 Å². The number of allylic oxidation sites excluding steroid dienone is 1. The van der Waals surface area contributed by atoms with Crippen LogP contribution in [0.2, 0.25) is 0 Å². The Morgan fingerprint density at radius 3 is 2.62 bits per heavy atom. The maximum atomic E-state index is 13.4. The molecular formula is C25H26N2O4S. The van der Waals surface area contributed by atoms with Gasteiger partial charge in [-0.3, -0.25) is 19.8 Å². The lowest BCUT2D eigenvalue weighted by Gasteiger charge is -2.30. The number of thiocarbonyl (C=S) groups is 1. The first-order valence-electron chi connectivity index (χ1n) is 10.2. The molecule has 0 spiro atoms. The van der Waals surface area contributed by atoms with Crippen molar-refractivity contribution < 1.29 is 19.1 Å². The van der Waals surface area contributed by atoms with Crippen molar-refractivity contribution in [3.8, 4) is 11.5 Å². The summed E-state index contributed by atoms with van der Waals surface area (Å²) in [6.45, 7) is 9.98. The highest BCUT2D eigenvalue weighted by Crippen LogP contribution is 2.35. The molecule has 2 aromatic rings. The maximum Gasteiger partial charge on any atom is 0.270 e. The van der Waals surface area contributed by atoms with Crippen LogP contribution in [-0.2, 0) is 16.0 Å². The number of hydrogen-bond acceptors (Lipinski definition) is 5. The minimum atomic E-state index is -0.541. The van der Waals surface area contributed by atoms with E-state index < -0.39 is 11.8 Å². The molecule has 7 heteroatoms. The first-order chi connectivity index (χ1) is 15.3. The van der Waals surface area contributed by atoms with Crippen LogP contribution in [0.1, 0.15) is 29.2 Å². The third-order valence-electron chi connectivity index (χ3n) is 5.25. The van der Waals surface area contributed by atoms with Crippen molar-refractivity contribution in [2.75, 3.05) is 18.6 Å². The van der Waals surface area contributed by atoms with Crippen molar-refractivity contribution in [2.45, 2.75) is 27.2 Å².